The molecule has 0 saturated carbocycles. The molecule has 1 saturated heterocycles. The minimum atomic E-state index is -0.864. The second-order valence-electron chi connectivity index (χ2n) is 4.52. The van der Waals surface area contributed by atoms with Crippen LogP contribution in [0, 0.1) is 6.92 Å². The molecule has 2 heterocycles. The number of nitrogens with zero attached hydrogens (tertiary/aromatic N) is 2. The Bertz CT molecular complexity index is 421. The zero-order valence-corrected chi connectivity index (χ0v) is 10.9. The number of ether oxygens (including phenoxy) is 1. The van der Waals surface area contributed by atoms with Gasteiger partial charge in [-0.1, -0.05) is 0 Å². The summed E-state index contributed by atoms with van der Waals surface area (Å²) in [6, 6.07) is 0. The van der Waals surface area contributed by atoms with Gasteiger partial charge in [0.05, 0.1) is 17.8 Å². The van der Waals surface area contributed by atoms with Crippen molar-refractivity contribution in [1.29, 1.82) is 0 Å². The van der Waals surface area contributed by atoms with E-state index in [0.29, 0.717) is 13.2 Å². The third-order valence-corrected chi connectivity index (χ3v) is 4.01. The fourth-order valence-electron chi connectivity index (χ4n) is 1.92. The topological polar surface area (TPSA) is 68.5 Å². The van der Waals surface area contributed by atoms with Gasteiger partial charge in [-0.25, -0.2) is 4.98 Å². The number of primary amides is 1. The van der Waals surface area contributed by atoms with Crippen LogP contribution in [0.2, 0.25) is 0 Å². The van der Waals surface area contributed by atoms with Gasteiger partial charge in [-0.05, 0) is 13.8 Å². The third kappa shape index (κ3) is 2.65. The van der Waals surface area contributed by atoms with Crippen molar-refractivity contribution in [2.24, 2.45) is 5.73 Å². The van der Waals surface area contributed by atoms with Crippen LogP contribution in [0.4, 0.5) is 0 Å². The SMILES string of the molecule is Cc1ncsc1CN1CCO[C@@](C)(C(N)=O)C1. The van der Waals surface area contributed by atoms with Gasteiger partial charge in [-0.2, -0.15) is 0 Å². The monoisotopic (exact) mass is 255 g/mol. The van der Waals surface area contributed by atoms with Crippen LogP contribution in [0.1, 0.15) is 17.5 Å². The van der Waals surface area contributed by atoms with Gasteiger partial charge in [0, 0.05) is 24.5 Å². The number of morpholine rings is 1. The molecule has 0 bridgehead atoms. The highest BCUT2D eigenvalue weighted by Crippen LogP contribution is 2.21. The molecule has 5 nitrogen and oxygen atoms in total. The molecule has 1 fully saturated rings. The predicted molar refractivity (Wildman–Crippen MR) is 65.7 cm³/mol. The Kier molecular flexibility index (Phi) is 3.46. The van der Waals surface area contributed by atoms with E-state index in [1.165, 1.54) is 4.88 Å². The van der Waals surface area contributed by atoms with Gasteiger partial charge in [0.2, 0.25) is 0 Å². The van der Waals surface area contributed by atoms with Gasteiger partial charge >= 0.3 is 0 Å². The number of rotatable bonds is 3. The summed E-state index contributed by atoms with van der Waals surface area (Å²) in [4.78, 5) is 19.0. The van der Waals surface area contributed by atoms with E-state index in [9.17, 15) is 4.79 Å². The Labute approximate surface area is 105 Å². The molecule has 0 aliphatic carbocycles. The van der Waals surface area contributed by atoms with Crippen LogP contribution in [-0.4, -0.2) is 41.1 Å². The molecule has 0 unspecified atom stereocenters. The molecule has 0 radical (unpaired) electrons. The quantitative estimate of drug-likeness (QED) is 0.855. The number of hydrogen-bond donors (Lipinski definition) is 1. The first kappa shape index (κ1) is 12.5. The molecule has 1 aromatic rings. The summed E-state index contributed by atoms with van der Waals surface area (Å²) >= 11 is 1.64. The van der Waals surface area contributed by atoms with Crippen molar-refractivity contribution < 1.29 is 9.53 Å². The average Bonchev–Trinajstić information content (AvgIpc) is 2.64. The molecule has 1 amide bonds. The molecule has 0 spiro atoms. The number of aromatic nitrogens is 1. The predicted octanol–water partition coefficient (Wildman–Crippen LogP) is 0.528. The first-order chi connectivity index (χ1) is 8.01. The van der Waals surface area contributed by atoms with Crippen LogP contribution < -0.4 is 5.73 Å². The lowest BCUT2D eigenvalue weighted by atomic mass is 10.0. The fourth-order valence-corrected chi connectivity index (χ4v) is 2.73. The van der Waals surface area contributed by atoms with Gasteiger partial charge in [0.25, 0.3) is 5.91 Å². The molecular formula is C11H17N3O2S. The second-order valence-corrected chi connectivity index (χ2v) is 5.45. The number of thiazole rings is 1. The van der Waals surface area contributed by atoms with Crippen LogP contribution in [0.15, 0.2) is 5.51 Å². The third-order valence-electron chi connectivity index (χ3n) is 3.09. The number of carbonyl (C=O) groups excluding carboxylic acids is 1. The summed E-state index contributed by atoms with van der Waals surface area (Å²) in [6.45, 7) is 6.46. The molecule has 17 heavy (non-hydrogen) atoms. The lowest BCUT2D eigenvalue weighted by molar-refractivity contribution is -0.153. The van der Waals surface area contributed by atoms with Crippen molar-refractivity contribution in [3.63, 3.8) is 0 Å². The normalized spacial score (nSPS) is 26.0. The van der Waals surface area contributed by atoms with Crippen molar-refractivity contribution in [1.82, 2.24) is 9.88 Å². The van der Waals surface area contributed by atoms with Crippen molar-refractivity contribution >= 4 is 17.2 Å². The molecule has 94 valence electrons. The van der Waals surface area contributed by atoms with Gasteiger partial charge in [-0.15, -0.1) is 11.3 Å². The minimum absolute atomic E-state index is 0.400. The summed E-state index contributed by atoms with van der Waals surface area (Å²) in [6.07, 6.45) is 0. The minimum Gasteiger partial charge on any atom is -0.367 e. The molecule has 2 rings (SSSR count). The smallest absolute Gasteiger partial charge is 0.250 e. The van der Waals surface area contributed by atoms with Crippen molar-refractivity contribution in [2.75, 3.05) is 19.7 Å². The zero-order chi connectivity index (χ0) is 12.5. The number of nitrogens with two attached hydrogens (primary N) is 1. The van der Waals surface area contributed by atoms with Gasteiger partial charge < -0.3 is 10.5 Å². The summed E-state index contributed by atoms with van der Waals surface area (Å²) in [5, 5.41) is 0. The molecule has 2 N–H and O–H groups in total. The van der Waals surface area contributed by atoms with Crippen molar-refractivity contribution in [2.45, 2.75) is 26.0 Å². The highest BCUT2D eigenvalue weighted by atomic mass is 32.1. The fraction of sp³-hybridized carbons (Fsp3) is 0.636. The molecule has 6 heteroatoms. The Morgan fingerprint density at radius 3 is 3.12 bits per heavy atom. The van der Waals surface area contributed by atoms with E-state index in [1.807, 2.05) is 12.4 Å². The van der Waals surface area contributed by atoms with Crippen LogP contribution >= 0.6 is 11.3 Å². The largest absolute Gasteiger partial charge is 0.367 e. The van der Waals surface area contributed by atoms with E-state index < -0.39 is 11.5 Å². The van der Waals surface area contributed by atoms with E-state index in [1.54, 1.807) is 18.3 Å². The zero-order valence-electron chi connectivity index (χ0n) is 10.1. The van der Waals surface area contributed by atoms with E-state index in [-0.39, 0.29) is 0 Å². The lowest BCUT2D eigenvalue weighted by Crippen LogP contribution is -2.56. The van der Waals surface area contributed by atoms with E-state index in [4.69, 9.17) is 10.5 Å². The molecule has 1 atom stereocenters. The maximum absolute atomic E-state index is 11.4. The highest BCUT2D eigenvalue weighted by molar-refractivity contribution is 7.09. The molecule has 0 aromatic carbocycles. The summed E-state index contributed by atoms with van der Waals surface area (Å²) in [7, 11) is 0. The molecule has 1 aliphatic rings. The standard InChI is InChI=1S/C11H17N3O2S/c1-8-9(17-7-13-8)5-14-3-4-16-11(2,6-14)10(12)15/h7H,3-6H2,1-2H3,(H2,12,15)/t11-/m1/s1. The highest BCUT2D eigenvalue weighted by Gasteiger charge is 2.37. The first-order valence-corrected chi connectivity index (χ1v) is 6.44. The van der Waals surface area contributed by atoms with Crippen LogP contribution in [0.5, 0.6) is 0 Å². The van der Waals surface area contributed by atoms with Crippen LogP contribution in [0.3, 0.4) is 0 Å². The number of carbonyl (C=O) groups is 1. The van der Waals surface area contributed by atoms with Crippen LogP contribution in [0.25, 0.3) is 0 Å². The van der Waals surface area contributed by atoms with E-state index in [2.05, 4.69) is 9.88 Å². The van der Waals surface area contributed by atoms with Gasteiger partial charge in [-0.3, -0.25) is 9.69 Å². The Morgan fingerprint density at radius 1 is 1.76 bits per heavy atom. The number of aryl methyl sites for hydroxylation is 1. The van der Waals surface area contributed by atoms with E-state index in [0.717, 1.165) is 18.8 Å². The first-order valence-electron chi connectivity index (χ1n) is 5.56. The Balaban J connectivity index is 2.03. The number of amides is 1. The molecule has 1 aliphatic heterocycles. The van der Waals surface area contributed by atoms with Crippen molar-refractivity contribution in [3.8, 4) is 0 Å². The molecule has 1 aromatic heterocycles. The summed E-state index contributed by atoms with van der Waals surface area (Å²) in [5.41, 5.74) is 7.41. The number of hydrogen-bond acceptors (Lipinski definition) is 5. The maximum Gasteiger partial charge on any atom is 0.250 e. The summed E-state index contributed by atoms with van der Waals surface area (Å²) in [5.74, 6) is -0.400. The second kappa shape index (κ2) is 4.72. The van der Waals surface area contributed by atoms with Crippen molar-refractivity contribution in [3.05, 3.63) is 16.1 Å². The Hall–Kier alpha value is -0.980. The molecular weight excluding hydrogens is 238 g/mol. The van der Waals surface area contributed by atoms with Gasteiger partial charge in [0.1, 0.15) is 0 Å². The van der Waals surface area contributed by atoms with Crippen LogP contribution in [-0.2, 0) is 16.1 Å². The Morgan fingerprint density at radius 2 is 2.53 bits per heavy atom. The lowest BCUT2D eigenvalue weighted by Gasteiger charge is -2.38. The van der Waals surface area contributed by atoms with E-state index >= 15 is 0 Å². The average molecular weight is 255 g/mol. The maximum atomic E-state index is 11.4. The van der Waals surface area contributed by atoms with Gasteiger partial charge in [0.15, 0.2) is 5.60 Å². The summed E-state index contributed by atoms with van der Waals surface area (Å²) < 4.78 is 5.48.